The van der Waals surface area contributed by atoms with Crippen LogP contribution in [0.4, 0.5) is 0 Å². The smallest absolute Gasteiger partial charge is 0.265 e. The molecule has 1 aliphatic carbocycles. The highest BCUT2D eigenvalue weighted by molar-refractivity contribution is 5.91. The van der Waals surface area contributed by atoms with Crippen LogP contribution < -0.4 is 0 Å². The molecule has 0 aromatic rings. The summed E-state index contributed by atoms with van der Waals surface area (Å²) in [6, 6.07) is 0. The van der Waals surface area contributed by atoms with Crippen molar-refractivity contribution in [1.29, 1.82) is 0 Å². The van der Waals surface area contributed by atoms with Gasteiger partial charge in [-0.1, -0.05) is 0 Å². The van der Waals surface area contributed by atoms with Gasteiger partial charge in [0, 0.05) is 32.3 Å². The molecule has 90 valence electrons. The number of likely N-dealkylation sites (N-methyl/N-ethyl adjacent to an activating group) is 2. The normalized spacial score (nSPS) is 15.7. The van der Waals surface area contributed by atoms with E-state index in [-0.39, 0.29) is 18.2 Å². The Balaban J connectivity index is 2.55. The minimum Gasteiger partial charge on any atom is -0.368 e. The predicted octanol–water partition coefficient (Wildman–Crippen LogP) is 0.575. The van der Waals surface area contributed by atoms with Crippen molar-refractivity contribution in [3.63, 3.8) is 0 Å². The summed E-state index contributed by atoms with van der Waals surface area (Å²) in [4.78, 5) is 29.4. The van der Waals surface area contributed by atoms with Crippen LogP contribution in [0.5, 0.6) is 0 Å². The molecule has 0 radical (unpaired) electrons. The molecule has 1 rings (SSSR count). The molecule has 0 aromatic heterocycles. The fourth-order valence-corrected chi connectivity index (χ4v) is 1.58. The van der Waals surface area contributed by atoms with Crippen molar-refractivity contribution in [3.8, 4) is 0 Å². The zero-order chi connectivity index (χ0) is 12.1. The third-order valence-electron chi connectivity index (χ3n) is 2.67. The molecular weight excluding hydrogens is 208 g/mol. The zero-order valence-electron chi connectivity index (χ0n) is 10.0. The molecule has 0 aromatic carbocycles. The first-order valence-electron chi connectivity index (χ1n) is 5.29. The van der Waals surface area contributed by atoms with Crippen LogP contribution in [0.1, 0.15) is 19.3 Å². The van der Waals surface area contributed by atoms with E-state index in [9.17, 15) is 9.59 Å². The number of rotatable bonds is 4. The number of amides is 1. The highest BCUT2D eigenvalue weighted by Gasteiger charge is 2.17. The molecule has 0 fully saturated rings. The molecule has 0 spiro atoms. The fourth-order valence-electron chi connectivity index (χ4n) is 1.58. The van der Waals surface area contributed by atoms with Crippen molar-refractivity contribution in [2.24, 2.45) is 0 Å². The van der Waals surface area contributed by atoms with Gasteiger partial charge in [0.1, 0.15) is 0 Å². The van der Waals surface area contributed by atoms with E-state index in [2.05, 4.69) is 0 Å². The molecule has 0 aliphatic heterocycles. The quantitative estimate of drug-likeness (QED) is 0.658. The van der Waals surface area contributed by atoms with E-state index in [4.69, 9.17) is 4.84 Å². The Morgan fingerprint density at radius 3 is 2.69 bits per heavy atom. The second kappa shape index (κ2) is 5.65. The second-order valence-corrected chi connectivity index (χ2v) is 3.89. The van der Waals surface area contributed by atoms with E-state index in [1.54, 1.807) is 18.0 Å². The summed E-state index contributed by atoms with van der Waals surface area (Å²) >= 11 is 0. The summed E-state index contributed by atoms with van der Waals surface area (Å²) in [5.41, 5.74) is 0.925. The second-order valence-electron chi connectivity index (χ2n) is 3.89. The minimum atomic E-state index is -0.135. The van der Waals surface area contributed by atoms with Gasteiger partial charge >= 0.3 is 0 Å². The Morgan fingerprint density at radius 2 is 2.12 bits per heavy atom. The number of allylic oxidation sites excluding steroid dienone is 2. The van der Waals surface area contributed by atoms with Gasteiger partial charge in [0.2, 0.25) is 0 Å². The van der Waals surface area contributed by atoms with Crippen LogP contribution in [0.2, 0.25) is 0 Å². The Kier molecular flexibility index (Phi) is 4.49. The molecule has 0 atom stereocenters. The van der Waals surface area contributed by atoms with Crippen LogP contribution in [0.3, 0.4) is 0 Å². The highest BCUT2D eigenvalue weighted by atomic mass is 16.7. The fraction of sp³-hybridized carbons (Fsp3) is 0.636. The summed E-state index contributed by atoms with van der Waals surface area (Å²) < 4.78 is 0. The van der Waals surface area contributed by atoms with Gasteiger partial charge in [-0.2, -0.15) is 0 Å². The minimum absolute atomic E-state index is 0.135. The summed E-state index contributed by atoms with van der Waals surface area (Å²) in [6.45, 7) is 0.226. The van der Waals surface area contributed by atoms with Crippen LogP contribution in [0.25, 0.3) is 0 Å². The predicted molar refractivity (Wildman–Crippen MR) is 59.4 cm³/mol. The van der Waals surface area contributed by atoms with Gasteiger partial charge in [-0.3, -0.25) is 14.4 Å². The molecule has 0 saturated heterocycles. The molecule has 0 N–H and O–H groups in total. The zero-order valence-corrected chi connectivity index (χ0v) is 10.0. The van der Waals surface area contributed by atoms with Gasteiger partial charge in [-0.15, -0.1) is 0 Å². The maximum absolute atomic E-state index is 11.6. The summed E-state index contributed by atoms with van der Waals surface area (Å²) in [7, 11) is 4.82. The van der Waals surface area contributed by atoms with E-state index >= 15 is 0 Å². The standard InChI is InChI=1S/C11H18N2O3/c1-12(8-11(15)13(2)16-3)9-5-4-6-10(14)7-9/h7H,4-6,8H2,1-3H3. The third-order valence-corrected chi connectivity index (χ3v) is 2.67. The van der Waals surface area contributed by atoms with Crippen LogP contribution in [0, 0.1) is 0 Å². The number of ketones is 1. The average Bonchev–Trinajstić information content (AvgIpc) is 2.27. The lowest BCUT2D eigenvalue weighted by molar-refractivity contribution is -0.169. The van der Waals surface area contributed by atoms with Gasteiger partial charge < -0.3 is 4.90 Å². The molecule has 1 aliphatic rings. The summed E-state index contributed by atoms with van der Waals surface area (Å²) in [5.74, 6) is 0.00423. The Labute approximate surface area is 95.6 Å². The number of carbonyl (C=O) groups is 2. The number of hydroxylamine groups is 2. The van der Waals surface area contributed by atoms with Gasteiger partial charge in [0.25, 0.3) is 5.91 Å². The lowest BCUT2D eigenvalue weighted by Crippen LogP contribution is -2.36. The molecule has 16 heavy (non-hydrogen) atoms. The van der Waals surface area contributed by atoms with Gasteiger partial charge in [-0.25, -0.2) is 5.06 Å². The average molecular weight is 226 g/mol. The number of hydrogen-bond donors (Lipinski definition) is 0. The van der Waals surface area contributed by atoms with Crippen molar-refractivity contribution in [3.05, 3.63) is 11.8 Å². The van der Waals surface area contributed by atoms with Gasteiger partial charge in [0.05, 0.1) is 13.7 Å². The number of hydrogen-bond acceptors (Lipinski definition) is 4. The van der Waals surface area contributed by atoms with E-state index in [1.807, 2.05) is 7.05 Å². The first-order chi connectivity index (χ1) is 7.54. The van der Waals surface area contributed by atoms with Crippen LogP contribution in [0.15, 0.2) is 11.8 Å². The van der Waals surface area contributed by atoms with Crippen molar-refractivity contribution >= 4 is 11.7 Å². The summed E-state index contributed by atoms with van der Waals surface area (Å²) in [5, 5.41) is 1.18. The van der Waals surface area contributed by atoms with Crippen LogP contribution in [-0.4, -0.2) is 49.4 Å². The molecule has 0 heterocycles. The summed E-state index contributed by atoms with van der Waals surface area (Å²) in [6.07, 6.45) is 3.96. The van der Waals surface area contributed by atoms with Gasteiger partial charge in [-0.05, 0) is 12.8 Å². The lowest BCUT2D eigenvalue weighted by atomic mass is 10.0. The Morgan fingerprint density at radius 1 is 1.44 bits per heavy atom. The molecule has 1 amide bonds. The Hall–Kier alpha value is -1.36. The van der Waals surface area contributed by atoms with Crippen molar-refractivity contribution in [1.82, 2.24) is 9.96 Å². The van der Waals surface area contributed by atoms with Crippen molar-refractivity contribution in [2.45, 2.75) is 19.3 Å². The Bertz CT molecular complexity index is 312. The van der Waals surface area contributed by atoms with E-state index in [0.29, 0.717) is 6.42 Å². The van der Waals surface area contributed by atoms with E-state index in [1.165, 1.54) is 12.2 Å². The third kappa shape index (κ3) is 3.34. The molecule has 0 bridgehead atoms. The topological polar surface area (TPSA) is 49.9 Å². The van der Waals surface area contributed by atoms with E-state index < -0.39 is 0 Å². The van der Waals surface area contributed by atoms with E-state index in [0.717, 1.165) is 18.5 Å². The lowest BCUT2D eigenvalue weighted by Gasteiger charge is -2.25. The first kappa shape index (κ1) is 12.7. The SMILES string of the molecule is CON(C)C(=O)CN(C)C1=CC(=O)CCC1. The van der Waals surface area contributed by atoms with Crippen LogP contribution in [-0.2, 0) is 14.4 Å². The molecular formula is C11H18N2O3. The molecule has 5 heteroatoms. The number of carbonyl (C=O) groups excluding carboxylic acids is 2. The molecule has 0 saturated carbocycles. The maximum Gasteiger partial charge on any atom is 0.265 e. The maximum atomic E-state index is 11.6. The van der Waals surface area contributed by atoms with Gasteiger partial charge in [0.15, 0.2) is 5.78 Å². The monoisotopic (exact) mass is 226 g/mol. The number of nitrogens with zero attached hydrogens (tertiary/aromatic N) is 2. The van der Waals surface area contributed by atoms with Crippen molar-refractivity contribution in [2.75, 3.05) is 27.7 Å². The molecule has 0 unspecified atom stereocenters. The molecule has 5 nitrogen and oxygen atoms in total. The van der Waals surface area contributed by atoms with Crippen LogP contribution >= 0.6 is 0 Å². The largest absolute Gasteiger partial charge is 0.368 e. The first-order valence-corrected chi connectivity index (χ1v) is 5.29. The van der Waals surface area contributed by atoms with Crippen molar-refractivity contribution < 1.29 is 14.4 Å². The highest BCUT2D eigenvalue weighted by Crippen LogP contribution is 2.17.